The molecule has 1 aromatic heterocycles. The average Bonchev–Trinajstić information content (AvgIpc) is 2.71. The van der Waals surface area contributed by atoms with Crippen LogP contribution in [0.1, 0.15) is 44.5 Å². The highest BCUT2D eigenvalue weighted by Gasteiger charge is 2.43. The number of carboxylic acid groups (broad SMARTS) is 2. The number of carboxylic acids is 2. The first-order chi connectivity index (χ1) is 15.9. The highest BCUT2D eigenvalue weighted by molar-refractivity contribution is 7.55. The van der Waals surface area contributed by atoms with Crippen LogP contribution >= 0.6 is 7.60 Å². The molecule has 0 saturated heterocycles. The first kappa shape index (κ1) is 32.3. The SMILES string of the molecule is CCOP(=O)(OCC)C(CC(=O)N[C@@H](C)c1ccc(C(F)(F)F)cn1)C(=O)O.O=C(O)C(F)(F)F. The number of carbonyl (C=O) groups is 3. The fourth-order valence-electron chi connectivity index (χ4n) is 2.29. The maximum atomic E-state index is 12.7. The quantitative estimate of drug-likeness (QED) is 0.295. The van der Waals surface area contributed by atoms with Gasteiger partial charge >= 0.3 is 31.9 Å². The number of aromatic nitrogens is 1. The van der Waals surface area contributed by atoms with Crippen LogP contribution in [0.4, 0.5) is 26.3 Å². The van der Waals surface area contributed by atoms with Crippen LogP contribution in [0.3, 0.4) is 0 Å². The molecule has 2 atom stereocenters. The fraction of sp³-hybridized carbons (Fsp3) is 0.556. The molecule has 0 saturated carbocycles. The Morgan fingerprint density at radius 1 is 1.06 bits per heavy atom. The van der Waals surface area contributed by atoms with Gasteiger partial charge in [0.15, 0.2) is 5.66 Å². The number of rotatable bonds is 10. The van der Waals surface area contributed by atoms with Gasteiger partial charge in [-0.25, -0.2) is 4.79 Å². The van der Waals surface area contributed by atoms with Crippen molar-refractivity contribution in [2.45, 2.75) is 51.2 Å². The average molecular weight is 540 g/mol. The van der Waals surface area contributed by atoms with Crippen molar-refractivity contribution in [3.63, 3.8) is 0 Å². The van der Waals surface area contributed by atoms with Crippen molar-refractivity contribution in [1.29, 1.82) is 0 Å². The smallest absolute Gasteiger partial charge is 0.481 e. The molecule has 1 amide bonds. The zero-order valence-corrected chi connectivity index (χ0v) is 19.4. The molecule has 0 aliphatic rings. The molecule has 0 aliphatic carbocycles. The molecular formula is C18H23F6N2O8P. The van der Waals surface area contributed by atoms with Crippen molar-refractivity contribution in [1.82, 2.24) is 10.3 Å². The Labute approximate surface area is 195 Å². The number of nitrogens with zero attached hydrogens (tertiary/aromatic N) is 1. The van der Waals surface area contributed by atoms with E-state index in [2.05, 4.69) is 10.3 Å². The van der Waals surface area contributed by atoms with E-state index in [9.17, 15) is 45.6 Å². The van der Waals surface area contributed by atoms with Gasteiger partial charge in [0.1, 0.15) is 0 Å². The molecule has 1 aromatic rings. The third-order valence-corrected chi connectivity index (χ3v) is 6.24. The Morgan fingerprint density at radius 2 is 1.54 bits per heavy atom. The Morgan fingerprint density at radius 3 is 1.86 bits per heavy atom. The first-order valence-corrected chi connectivity index (χ1v) is 11.2. The topological polar surface area (TPSA) is 152 Å². The Bertz CT molecular complexity index is 898. The van der Waals surface area contributed by atoms with Crippen molar-refractivity contribution in [2.75, 3.05) is 13.2 Å². The van der Waals surface area contributed by atoms with Gasteiger partial charge in [0.2, 0.25) is 5.91 Å². The molecule has 1 heterocycles. The van der Waals surface area contributed by atoms with Crippen LogP contribution in [-0.2, 0) is 34.2 Å². The lowest BCUT2D eigenvalue weighted by atomic mass is 10.1. The van der Waals surface area contributed by atoms with E-state index in [4.69, 9.17) is 18.9 Å². The number of amides is 1. The maximum Gasteiger partial charge on any atom is 0.490 e. The van der Waals surface area contributed by atoms with E-state index in [-0.39, 0.29) is 18.9 Å². The second-order valence-corrected chi connectivity index (χ2v) is 8.71. The van der Waals surface area contributed by atoms with E-state index in [1.54, 1.807) is 0 Å². The predicted molar refractivity (Wildman–Crippen MR) is 106 cm³/mol. The molecule has 0 spiro atoms. The number of halogens is 6. The lowest BCUT2D eigenvalue weighted by molar-refractivity contribution is -0.192. The molecule has 0 fully saturated rings. The van der Waals surface area contributed by atoms with Crippen molar-refractivity contribution in [2.24, 2.45) is 0 Å². The molecule has 35 heavy (non-hydrogen) atoms. The van der Waals surface area contributed by atoms with Gasteiger partial charge in [0, 0.05) is 6.20 Å². The molecular weight excluding hydrogens is 517 g/mol. The molecule has 1 rings (SSSR count). The van der Waals surface area contributed by atoms with Gasteiger partial charge in [-0.3, -0.25) is 19.1 Å². The summed E-state index contributed by atoms with van der Waals surface area (Å²) in [5.74, 6) is -5.07. The van der Waals surface area contributed by atoms with Gasteiger partial charge in [-0.15, -0.1) is 0 Å². The van der Waals surface area contributed by atoms with Crippen LogP contribution in [0, 0.1) is 0 Å². The Kier molecular flexibility index (Phi) is 12.4. The molecule has 0 aliphatic heterocycles. The summed E-state index contributed by atoms with van der Waals surface area (Å²) in [6.07, 6.45) is -9.68. The maximum absolute atomic E-state index is 12.7. The Hall–Kier alpha value is -2.71. The van der Waals surface area contributed by atoms with Crippen LogP contribution in [-0.4, -0.2) is 58.1 Å². The third-order valence-electron chi connectivity index (χ3n) is 3.84. The van der Waals surface area contributed by atoms with E-state index < -0.39 is 61.5 Å². The number of alkyl halides is 6. The molecule has 0 aromatic carbocycles. The van der Waals surface area contributed by atoms with Crippen LogP contribution in [0.5, 0.6) is 0 Å². The summed E-state index contributed by atoms with van der Waals surface area (Å²) >= 11 is 0. The summed E-state index contributed by atoms with van der Waals surface area (Å²) in [7, 11) is -4.08. The summed E-state index contributed by atoms with van der Waals surface area (Å²) in [4.78, 5) is 36.3. The first-order valence-electron chi connectivity index (χ1n) is 9.63. The third kappa shape index (κ3) is 11.0. The summed E-state index contributed by atoms with van der Waals surface area (Å²) in [5.41, 5.74) is -2.51. The van der Waals surface area contributed by atoms with Crippen LogP contribution < -0.4 is 5.32 Å². The second-order valence-electron chi connectivity index (χ2n) is 6.50. The minimum Gasteiger partial charge on any atom is -0.481 e. The summed E-state index contributed by atoms with van der Waals surface area (Å²) in [6, 6.07) is 1.12. The number of hydrogen-bond acceptors (Lipinski definition) is 7. The van der Waals surface area contributed by atoms with E-state index in [0.717, 1.165) is 12.1 Å². The lowest BCUT2D eigenvalue weighted by Gasteiger charge is -2.23. The molecule has 10 nitrogen and oxygen atoms in total. The van der Waals surface area contributed by atoms with Gasteiger partial charge in [-0.05, 0) is 32.9 Å². The van der Waals surface area contributed by atoms with Crippen LogP contribution in [0.15, 0.2) is 18.3 Å². The van der Waals surface area contributed by atoms with Crippen LogP contribution in [0.2, 0.25) is 0 Å². The van der Waals surface area contributed by atoms with Gasteiger partial charge in [-0.1, -0.05) is 0 Å². The number of pyridine rings is 1. The van der Waals surface area contributed by atoms with Gasteiger partial charge in [0.25, 0.3) is 0 Å². The number of nitrogens with one attached hydrogen (secondary N) is 1. The molecule has 17 heteroatoms. The monoisotopic (exact) mass is 540 g/mol. The van der Waals surface area contributed by atoms with Crippen molar-refractivity contribution < 1.29 is 64.6 Å². The van der Waals surface area contributed by atoms with Gasteiger partial charge in [0.05, 0.1) is 36.9 Å². The minimum absolute atomic E-state index is 0.0748. The largest absolute Gasteiger partial charge is 0.490 e. The Balaban J connectivity index is 0.00000143. The van der Waals surface area contributed by atoms with Gasteiger partial charge < -0.3 is 24.6 Å². The van der Waals surface area contributed by atoms with E-state index in [0.29, 0.717) is 6.20 Å². The fourth-order valence-corrected chi connectivity index (χ4v) is 4.10. The molecule has 0 radical (unpaired) electrons. The highest BCUT2D eigenvalue weighted by atomic mass is 31.2. The lowest BCUT2D eigenvalue weighted by Crippen LogP contribution is -2.34. The number of carbonyl (C=O) groups excluding carboxylic acids is 1. The van der Waals surface area contributed by atoms with Crippen molar-refractivity contribution >= 4 is 25.4 Å². The van der Waals surface area contributed by atoms with E-state index in [1.807, 2.05) is 0 Å². The number of aliphatic carboxylic acids is 2. The number of hydrogen-bond donors (Lipinski definition) is 3. The zero-order chi connectivity index (χ0) is 27.6. The van der Waals surface area contributed by atoms with Crippen LogP contribution in [0.25, 0.3) is 0 Å². The minimum atomic E-state index is -5.08. The van der Waals surface area contributed by atoms with E-state index in [1.165, 1.54) is 20.8 Å². The van der Waals surface area contributed by atoms with Crippen molar-refractivity contribution in [3.8, 4) is 0 Å². The normalized spacial score (nSPS) is 13.7. The molecule has 0 bridgehead atoms. The zero-order valence-electron chi connectivity index (χ0n) is 18.5. The highest BCUT2D eigenvalue weighted by Crippen LogP contribution is 2.54. The second kappa shape index (κ2) is 13.4. The summed E-state index contributed by atoms with van der Waals surface area (Å²) < 4.78 is 92.1. The predicted octanol–water partition coefficient (Wildman–Crippen LogP) is 4.02. The summed E-state index contributed by atoms with van der Waals surface area (Å²) in [6.45, 7) is 4.32. The standard InChI is InChI=1S/C16H22F3N2O6P.C2HF3O2/c1-4-26-28(25,27-5-2)13(15(23)24)8-14(22)21-10(3)12-7-6-11(9-20-12)16(17,18)19;3-2(4,5)1(6)7/h6-7,9-10,13H,4-5,8H2,1-3H3,(H,21,22)(H,23,24);(H,6,7)/t10-,13?;/m0./s1. The molecule has 1 unspecified atom stereocenters. The van der Waals surface area contributed by atoms with Gasteiger partial charge in [-0.2, -0.15) is 26.3 Å². The van der Waals surface area contributed by atoms with E-state index >= 15 is 0 Å². The van der Waals surface area contributed by atoms with Crippen molar-refractivity contribution in [3.05, 3.63) is 29.6 Å². The molecule has 200 valence electrons. The molecule has 3 N–H and O–H groups in total. The summed E-state index contributed by atoms with van der Waals surface area (Å²) in [5, 5.41) is 18.9.